The molecular formula is C38H45NO6S2. The largest absolute Gasteiger partial charge is 0.494 e. The molecule has 0 radical (unpaired) electrons. The van der Waals surface area contributed by atoms with Gasteiger partial charge in [-0.05, 0) is 84.1 Å². The molecule has 0 fully saturated rings. The molecule has 0 spiro atoms. The standard InChI is InChI=1S/C38H45NO6S2/c1-3-5-7-8-9-10-15-35(40)28-16-22-34(39)33(25-28)38(41)32-14-12-11-13-31(32)27-17-23-36(37(26-27)47(42,43)44)46-30-20-18-29(19-21-30)45-24-6-4-2/h11-14,16-23,25-26,38,41H,3-10,15,24,39H2,1-2H3,(H,42,43,44). The van der Waals surface area contributed by atoms with Crippen LogP contribution in [0.15, 0.2) is 99.6 Å². The van der Waals surface area contributed by atoms with Gasteiger partial charge in [0.05, 0.1) is 6.61 Å². The van der Waals surface area contributed by atoms with Gasteiger partial charge in [-0.15, -0.1) is 0 Å². The van der Waals surface area contributed by atoms with Crippen molar-refractivity contribution in [1.29, 1.82) is 0 Å². The number of Topliss-reactive ketones (excluding diaryl/α,β-unsaturated/α-hetero) is 1. The predicted molar refractivity (Wildman–Crippen MR) is 190 cm³/mol. The first-order chi connectivity index (χ1) is 22.6. The van der Waals surface area contributed by atoms with Gasteiger partial charge < -0.3 is 15.6 Å². The van der Waals surface area contributed by atoms with Crippen LogP contribution in [0, 0.1) is 0 Å². The summed E-state index contributed by atoms with van der Waals surface area (Å²) in [5.74, 6) is 0.739. The monoisotopic (exact) mass is 675 g/mol. The number of carbonyl (C=O) groups is 1. The number of hydrogen-bond acceptors (Lipinski definition) is 7. The Morgan fingerprint density at radius 2 is 1.53 bits per heavy atom. The van der Waals surface area contributed by atoms with E-state index in [2.05, 4.69) is 13.8 Å². The summed E-state index contributed by atoms with van der Waals surface area (Å²) in [4.78, 5) is 13.9. The van der Waals surface area contributed by atoms with Gasteiger partial charge in [0.25, 0.3) is 10.1 Å². The van der Waals surface area contributed by atoms with Crippen LogP contribution in [0.2, 0.25) is 0 Å². The zero-order chi connectivity index (χ0) is 33.8. The second kappa shape index (κ2) is 17.5. The number of hydrogen-bond donors (Lipinski definition) is 3. The summed E-state index contributed by atoms with van der Waals surface area (Å²) < 4.78 is 41.1. The first kappa shape index (κ1) is 36.2. The molecule has 7 nitrogen and oxygen atoms in total. The van der Waals surface area contributed by atoms with E-state index in [1.54, 1.807) is 54.6 Å². The molecule has 0 saturated heterocycles. The van der Waals surface area contributed by atoms with Crippen LogP contribution in [-0.2, 0) is 10.1 Å². The van der Waals surface area contributed by atoms with Gasteiger partial charge in [0.15, 0.2) is 5.78 Å². The number of aliphatic hydroxyl groups excluding tert-OH is 1. The zero-order valence-corrected chi connectivity index (χ0v) is 28.8. The average molecular weight is 676 g/mol. The molecule has 1 unspecified atom stereocenters. The van der Waals surface area contributed by atoms with Gasteiger partial charge in [-0.3, -0.25) is 9.35 Å². The van der Waals surface area contributed by atoms with E-state index in [1.807, 2.05) is 24.3 Å². The number of ether oxygens (including phenoxy) is 1. The van der Waals surface area contributed by atoms with E-state index in [0.717, 1.165) is 42.7 Å². The summed E-state index contributed by atoms with van der Waals surface area (Å²) in [5, 5.41) is 11.6. The smallest absolute Gasteiger partial charge is 0.295 e. The number of aliphatic hydroxyl groups is 1. The fraction of sp³-hybridized carbons (Fsp3) is 0.342. The lowest BCUT2D eigenvalue weighted by Crippen LogP contribution is -2.08. The Morgan fingerprint density at radius 1 is 0.830 bits per heavy atom. The molecule has 0 aliphatic heterocycles. The lowest BCUT2D eigenvalue weighted by Gasteiger charge is -2.19. The highest BCUT2D eigenvalue weighted by Gasteiger charge is 2.22. The number of carbonyl (C=O) groups excluding carboxylic acids is 1. The molecule has 0 heterocycles. The van der Waals surface area contributed by atoms with Gasteiger partial charge in [-0.25, -0.2) is 0 Å². The molecule has 0 aromatic heterocycles. The lowest BCUT2D eigenvalue weighted by atomic mass is 9.90. The third-order valence-electron chi connectivity index (χ3n) is 8.07. The average Bonchev–Trinajstić information content (AvgIpc) is 3.06. The van der Waals surface area contributed by atoms with Gasteiger partial charge in [0.2, 0.25) is 0 Å². The highest BCUT2D eigenvalue weighted by molar-refractivity contribution is 8.00. The minimum atomic E-state index is -4.59. The van der Waals surface area contributed by atoms with E-state index in [0.29, 0.717) is 51.4 Å². The maximum absolute atomic E-state index is 13.0. The molecule has 0 aliphatic carbocycles. The fourth-order valence-corrected chi connectivity index (χ4v) is 7.25. The molecule has 0 amide bonds. The van der Waals surface area contributed by atoms with Crippen LogP contribution in [0.4, 0.5) is 5.69 Å². The number of nitrogens with two attached hydrogens (primary N) is 1. The molecule has 4 aromatic rings. The first-order valence-corrected chi connectivity index (χ1v) is 18.6. The first-order valence-electron chi connectivity index (χ1n) is 16.3. The van der Waals surface area contributed by atoms with Crippen LogP contribution in [0.1, 0.15) is 99.2 Å². The second-order valence-electron chi connectivity index (χ2n) is 11.7. The van der Waals surface area contributed by atoms with Crippen LogP contribution in [0.5, 0.6) is 5.75 Å². The predicted octanol–water partition coefficient (Wildman–Crippen LogP) is 9.53. The van der Waals surface area contributed by atoms with Gasteiger partial charge in [-0.2, -0.15) is 8.42 Å². The number of ketones is 1. The van der Waals surface area contributed by atoms with Crippen molar-refractivity contribution in [2.75, 3.05) is 12.3 Å². The summed E-state index contributed by atoms with van der Waals surface area (Å²) in [6, 6.07) is 24.2. The van der Waals surface area contributed by atoms with Crippen molar-refractivity contribution in [2.45, 2.75) is 92.4 Å². The number of unbranched alkanes of at least 4 members (excludes halogenated alkanes) is 6. The molecule has 9 heteroatoms. The van der Waals surface area contributed by atoms with Gasteiger partial charge in [0.1, 0.15) is 16.7 Å². The Morgan fingerprint density at radius 3 is 2.26 bits per heavy atom. The fourth-order valence-electron chi connectivity index (χ4n) is 5.39. The Balaban J connectivity index is 1.58. The SMILES string of the molecule is CCCCCCCCC(=O)c1ccc(N)c(C(O)c2ccccc2-c2ccc(Sc3ccc(OCCCC)cc3)c(S(=O)(=O)O)c2)c1. The van der Waals surface area contributed by atoms with Crippen molar-refractivity contribution in [3.05, 3.63) is 102 Å². The summed E-state index contributed by atoms with van der Waals surface area (Å²) in [7, 11) is -4.59. The Labute approximate surface area is 283 Å². The van der Waals surface area contributed by atoms with E-state index in [1.165, 1.54) is 37.1 Å². The van der Waals surface area contributed by atoms with Gasteiger partial charge in [0, 0.05) is 33.0 Å². The Bertz CT molecular complexity index is 1740. The Kier molecular flexibility index (Phi) is 13.5. The van der Waals surface area contributed by atoms with Crippen LogP contribution >= 0.6 is 11.8 Å². The summed E-state index contributed by atoms with van der Waals surface area (Å²) in [6.45, 7) is 4.90. The molecule has 4 N–H and O–H groups in total. The number of nitrogen functional groups attached to an aromatic ring is 1. The highest BCUT2D eigenvalue weighted by atomic mass is 32.2. The van der Waals surface area contributed by atoms with Crippen LogP contribution in [0.3, 0.4) is 0 Å². The molecule has 47 heavy (non-hydrogen) atoms. The maximum Gasteiger partial charge on any atom is 0.295 e. The number of rotatable bonds is 18. The quantitative estimate of drug-likeness (QED) is 0.0412. The Hall–Kier alpha value is -3.63. The van der Waals surface area contributed by atoms with Crippen molar-refractivity contribution in [2.24, 2.45) is 0 Å². The van der Waals surface area contributed by atoms with Crippen molar-refractivity contribution < 1.29 is 27.6 Å². The van der Waals surface area contributed by atoms with E-state index >= 15 is 0 Å². The molecule has 250 valence electrons. The zero-order valence-electron chi connectivity index (χ0n) is 27.2. The van der Waals surface area contributed by atoms with Crippen LogP contribution in [0.25, 0.3) is 11.1 Å². The van der Waals surface area contributed by atoms with Gasteiger partial charge in [-0.1, -0.05) is 94.5 Å². The topological polar surface area (TPSA) is 127 Å². The molecule has 0 saturated carbocycles. The van der Waals surface area contributed by atoms with E-state index in [9.17, 15) is 22.9 Å². The van der Waals surface area contributed by atoms with Crippen LogP contribution in [-0.4, -0.2) is 30.5 Å². The van der Waals surface area contributed by atoms with E-state index < -0.39 is 16.2 Å². The van der Waals surface area contributed by atoms with Crippen molar-refractivity contribution >= 4 is 33.4 Å². The highest BCUT2D eigenvalue weighted by Crippen LogP contribution is 2.39. The van der Waals surface area contributed by atoms with Crippen molar-refractivity contribution in [3.8, 4) is 16.9 Å². The minimum Gasteiger partial charge on any atom is -0.494 e. The summed E-state index contributed by atoms with van der Waals surface area (Å²) >= 11 is 1.21. The van der Waals surface area contributed by atoms with E-state index in [4.69, 9.17) is 10.5 Å². The summed E-state index contributed by atoms with van der Waals surface area (Å²) in [6.07, 6.45) is 7.74. The third-order valence-corrected chi connectivity index (χ3v) is 10.2. The number of anilines is 1. The van der Waals surface area contributed by atoms with Crippen molar-refractivity contribution in [3.63, 3.8) is 0 Å². The maximum atomic E-state index is 13.0. The second-order valence-corrected chi connectivity index (χ2v) is 14.2. The van der Waals surface area contributed by atoms with Crippen molar-refractivity contribution in [1.82, 2.24) is 0 Å². The lowest BCUT2D eigenvalue weighted by molar-refractivity contribution is 0.0979. The third kappa shape index (κ3) is 10.2. The minimum absolute atomic E-state index is 0.00627. The van der Waals surface area contributed by atoms with Crippen LogP contribution < -0.4 is 10.5 Å². The molecule has 0 aliphatic rings. The molecular weight excluding hydrogens is 631 g/mol. The molecule has 1 atom stereocenters. The molecule has 0 bridgehead atoms. The molecule has 4 aromatic carbocycles. The van der Waals surface area contributed by atoms with E-state index in [-0.39, 0.29) is 10.7 Å². The molecule has 4 rings (SSSR count). The van der Waals surface area contributed by atoms with Gasteiger partial charge >= 0.3 is 0 Å². The summed E-state index contributed by atoms with van der Waals surface area (Å²) in [5.41, 5.74) is 9.09. The normalized spacial score (nSPS) is 12.2. The number of benzene rings is 4.